The Morgan fingerprint density at radius 3 is 2.94 bits per heavy atom. The highest BCUT2D eigenvalue weighted by molar-refractivity contribution is 14.1. The lowest BCUT2D eigenvalue weighted by atomic mass is 10.1. The van der Waals surface area contributed by atoms with Gasteiger partial charge in [-0.25, -0.2) is 4.98 Å². The maximum absolute atomic E-state index is 11.8. The highest BCUT2D eigenvalue weighted by Gasteiger charge is 2.05. The Kier molecular flexibility index (Phi) is 3.54. The van der Waals surface area contributed by atoms with Gasteiger partial charge in [-0.2, -0.15) is 5.26 Å². The van der Waals surface area contributed by atoms with Crippen LogP contribution >= 0.6 is 22.6 Å². The third-order valence-electron chi connectivity index (χ3n) is 2.34. The Morgan fingerprint density at radius 1 is 1.41 bits per heavy atom. The molecule has 4 nitrogen and oxygen atoms in total. The van der Waals surface area contributed by atoms with Crippen LogP contribution in [0, 0.1) is 14.9 Å². The second-order valence-electron chi connectivity index (χ2n) is 3.44. The number of nitrogens with zero attached hydrogens (tertiary/aromatic N) is 3. The first-order valence-electron chi connectivity index (χ1n) is 4.90. The van der Waals surface area contributed by atoms with E-state index in [9.17, 15) is 4.79 Å². The largest absolute Gasteiger partial charge is 0.294 e. The van der Waals surface area contributed by atoms with Gasteiger partial charge in [0.1, 0.15) is 0 Å². The van der Waals surface area contributed by atoms with Crippen LogP contribution in [0.5, 0.6) is 0 Å². The van der Waals surface area contributed by atoms with Gasteiger partial charge in [0.15, 0.2) is 0 Å². The molecule has 1 aromatic heterocycles. The lowest BCUT2D eigenvalue weighted by Gasteiger charge is -2.06. The number of aromatic nitrogens is 2. The normalized spacial score (nSPS) is 9.88. The summed E-state index contributed by atoms with van der Waals surface area (Å²) < 4.78 is 2.07. The fourth-order valence-corrected chi connectivity index (χ4v) is 1.96. The van der Waals surface area contributed by atoms with Gasteiger partial charge in [-0.1, -0.05) is 18.2 Å². The maximum Gasteiger partial charge on any atom is 0.267 e. The van der Waals surface area contributed by atoms with Crippen LogP contribution in [0.25, 0.3) is 0 Å². The predicted molar refractivity (Wildman–Crippen MR) is 71.5 cm³/mol. The average Bonchev–Trinajstić information content (AvgIpc) is 2.35. The molecule has 0 fully saturated rings. The van der Waals surface area contributed by atoms with E-state index in [0.717, 1.165) is 5.56 Å². The quantitative estimate of drug-likeness (QED) is 0.785. The Morgan fingerprint density at radius 2 is 2.18 bits per heavy atom. The summed E-state index contributed by atoms with van der Waals surface area (Å²) >= 11 is 1.95. The van der Waals surface area contributed by atoms with E-state index in [-0.39, 0.29) is 5.56 Å². The molecule has 0 bridgehead atoms. The summed E-state index contributed by atoms with van der Waals surface area (Å²) in [7, 11) is 0. The van der Waals surface area contributed by atoms with Crippen LogP contribution in [0.1, 0.15) is 11.1 Å². The van der Waals surface area contributed by atoms with E-state index in [0.29, 0.717) is 15.7 Å². The molecule has 2 aromatic rings. The van der Waals surface area contributed by atoms with E-state index in [2.05, 4.69) is 11.1 Å². The molecule has 0 unspecified atom stereocenters. The van der Waals surface area contributed by atoms with Gasteiger partial charge in [0.05, 0.1) is 28.1 Å². The Balaban J connectivity index is 2.43. The van der Waals surface area contributed by atoms with Crippen molar-refractivity contribution in [2.75, 3.05) is 0 Å². The van der Waals surface area contributed by atoms with Crippen LogP contribution in [0.3, 0.4) is 0 Å². The first kappa shape index (κ1) is 11.8. The number of halogens is 1. The van der Waals surface area contributed by atoms with Crippen LogP contribution in [0.4, 0.5) is 0 Å². The second-order valence-corrected chi connectivity index (χ2v) is 4.61. The molecule has 0 radical (unpaired) electrons. The average molecular weight is 337 g/mol. The van der Waals surface area contributed by atoms with Gasteiger partial charge >= 0.3 is 0 Å². The zero-order valence-corrected chi connectivity index (χ0v) is 11.0. The van der Waals surface area contributed by atoms with Gasteiger partial charge in [0.25, 0.3) is 5.56 Å². The molecular weight excluding hydrogens is 329 g/mol. The molecule has 0 aliphatic rings. The highest BCUT2D eigenvalue weighted by atomic mass is 127. The minimum absolute atomic E-state index is 0.0895. The third-order valence-corrected chi connectivity index (χ3v) is 3.08. The van der Waals surface area contributed by atoms with Crippen LogP contribution in [0.15, 0.2) is 41.6 Å². The second kappa shape index (κ2) is 5.10. The van der Waals surface area contributed by atoms with Gasteiger partial charge in [0, 0.05) is 6.20 Å². The van der Waals surface area contributed by atoms with Crippen molar-refractivity contribution in [2.45, 2.75) is 6.54 Å². The number of benzene rings is 1. The monoisotopic (exact) mass is 337 g/mol. The molecule has 0 aliphatic heterocycles. The summed E-state index contributed by atoms with van der Waals surface area (Å²) in [5.41, 5.74) is 1.31. The molecule has 0 amide bonds. The van der Waals surface area contributed by atoms with Crippen LogP contribution in [0.2, 0.25) is 0 Å². The first-order valence-corrected chi connectivity index (χ1v) is 5.98. The molecule has 0 atom stereocenters. The van der Waals surface area contributed by atoms with E-state index >= 15 is 0 Å². The van der Waals surface area contributed by atoms with Crippen molar-refractivity contribution in [3.63, 3.8) is 0 Å². The molecule has 5 heteroatoms. The van der Waals surface area contributed by atoms with E-state index in [1.54, 1.807) is 12.1 Å². The summed E-state index contributed by atoms with van der Waals surface area (Å²) in [6, 6.07) is 9.34. The fraction of sp³-hybridized carbons (Fsp3) is 0.0833. The van der Waals surface area contributed by atoms with Crippen LogP contribution in [-0.2, 0) is 6.54 Å². The zero-order valence-electron chi connectivity index (χ0n) is 8.80. The van der Waals surface area contributed by atoms with Crippen molar-refractivity contribution in [2.24, 2.45) is 0 Å². The summed E-state index contributed by atoms with van der Waals surface area (Å²) in [5.74, 6) is 0. The third kappa shape index (κ3) is 2.53. The zero-order chi connectivity index (χ0) is 12.3. The molecule has 2 rings (SSSR count). The van der Waals surface area contributed by atoms with Gasteiger partial charge in [-0.05, 0) is 34.2 Å². The van der Waals surface area contributed by atoms with Crippen molar-refractivity contribution in [3.05, 3.63) is 61.8 Å². The van der Waals surface area contributed by atoms with Crippen molar-refractivity contribution in [3.8, 4) is 6.07 Å². The first-order chi connectivity index (χ1) is 8.22. The maximum atomic E-state index is 11.8. The molecule has 0 aliphatic carbocycles. The molecule has 0 saturated heterocycles. The molecule has 84 valence electrons. The van der Waals surface area contributed by atoms with Crippen molar-refractivity contribution < 1.29 is 0 Å². The van der Waals surface area contributed by atoms with Crippen LogP contribution in [-0.4, -0.2) is 9.55 Å². The minimum Gasteiger partial charge on any atom is -0.294 e. The van der Waals surface area contributed by atoms with Gasteiger partial charge in [-0.15, -0.1) is 0 Å². The van der Waals surface area contributed by atoms with E-state index in [1.165, 1.54) is 17.1 Å². The Hall–Kier alpha value is -1.68. The minimum atomic E-state index is -0.0895. The highest BCUT2D eigenvalue weighted by Crippen LogP contribution is 2.08. The molecule has 1 heterocycles. The molecular formula is C12H8IN3O. The van der Waals surface area contributed by atoms with Crippen molar-refractivity contribution >= 4 is 22.6 Å². The van der Waals surface area contributed by atoms with Crippen molar-refractivity contribution in [1.29, 1.82) is 5.26 Å². The van der Waals surface area contributed by atoms with E-state index in [4.69, 9.17) is 5.26 Å². The smallest absolute Gasteiger partial charge is 0.267 e. The van der Waals surface area contributed by atoms with Crippen LogP contribution < -0.4 is 5.56 Å². The van der Waals surface area contributed by atoms with Crippen molar-refractivity contribution in [1.82, 2.24) is 9.55 Å². The van der Waals surface area contributed by atoms with Gasteiger partial charge in [-0.3, -0.25) is 9.36 Å². The van der Waals surface area contributed by atoms with E-state index in [1.807, 2.05) is 34.7 Å². The SMILES string of the molecule is N#Cc1ccccc1Cn1cncc(I)c1=O. The lowest BCUT2D eigenvalue weighted by Crippen LogP contribution is -2.23. The summed E-state index contributed by atoms with van der Waals surface area (Å²) in [6.07, 6.45) is 3.01. The fourth-order valence-electron chi connectivity index (χ4n) is 1.49. The summed E-state index contributed by atoms with van der Waals surface area (Å²) in [6.45, 7) is 0.367. The molecule has 1 aromatic carbocycles. The Bertz CT molecular complexity index is 643. The summed E-state index contributed by atoms with van der Waals surface area (Å²) in [4.78, 5) is 15.8. The molecule has 0 spiro atoms. The molecule has 17 heavy (non-hydrogen) atoms. The lowest BCUT2D eigenvalue weighted by molar-refractivity contribution is 0.729. The number of hydrogen-bond donors (Lipinski definition) is 0. The number of rotatable bonds is 2. The van der Waals surface area contributed by atoms with E-state index < -0.39 is 0 Å². The van der Waals surface area contributed by atoms with Gasteiger partial charge in [0.2, 0.25) is 0 Å². The molecule has 0 N–H and O–H groups in total. The topological polar surface area (TPSA) is 58.7 Å². The number of hydrogen-bond acceptors (Lipinski definition) is 3. The Labute approximate surface area is 112 Å². The molecule has 0 saturated carbocycles. The standard InChI is InChI=1S/C12H8IN3O/c13-11-6-15-8-16(12(11)17)7-10-4-2-1-3-9(10)5-14/h1-4,6,8H,7H2. The van der Waals surface area contributed by atoms with Gasteiger partial charge < -0.3 is 0 Å². The summed E-state index contributed by atoms with van der Waals surface area (Å²) in [5, 5.41) is 8.97. The number of nitriles is 1. The predicted octanol–water partition coefficient (Wildman–Crippen LogP) is 1.77.